The van der Waals surface area contributed by atoms with E-state index in [0.717, 1.165) is 5.88 Å². The van der Waals surface area contributed by atoms with E-state index < -0.39 is 16.1 Å². The summed E-state index contributed by atoms with van der Waals surface area (Å²) in [5, 5.41) is 1.31. The van der Waals surface area contributed by atoms with Gasteiger partial charge in [-0.1, -0.05) is 39.3 Å². The van der Waals surface area contributed by atoms with E-state index in [1.165, 1.54) is 5.20 Å². The number of ether oxygens (including phenoxy) is 1. The third kappa shape index (κ3) is 2.82. The van der Waals surface area contributed by atoms with Gasteiger partial charge in [-0.05, 0) is 5.20 Å². The van der Waals surface area contributed by atoms with Crippen molar-refractivity contribution in [3.8, 4) is 0 Å². The van der Waals surface area contributed by atoms with Gasteiger partial charge in [-0.15, -0.1) is 0 Å². The number of carbonyl (C=O) groups excluding carboxylic acids is 1. The molecule has 0 aromatic rings. The average Bonchev–Trinajstić information content (AvgIpc) is 2.40. The van der Waals surface area contributed by atoms with Crippen molar-refractivity contribution in [2.45, 2.75) is 44.8 Å². The van der Waals surface area contributed by atoms with Gasteiger partial charge in [-0.3, -0.25) is 4.79 Å². The van der Waals surface area contributed by atoms with Crippen LogP contribution >= 0.6 is 0 Å². The van der Waals surface area contributed by atoms with Crippen molar-refractivity contribution in [1.29, 1.82) is 0 Å². The SMILES string of the molecule is CN(C)C1=C([Si](C)(C)C)C([Si](C)(C)C)C(=O)O1. The molecule has 17 heavy (non-hydrogen) atoms. The molecular weight excluding hydrogens is 246 g/mol. The standard InChI is InChI=1S/C12H25NO2Si2/c1-13(2)11-9(16(3,4)5)10(12(14)15-11)17(6,7)8/h10H,1-8H3. The van der Waals surface area contributed by atoms with Crippen molar-refractivity contribution in [1.82, 2.24) is 4.90 Å². The molecule has 1 aliphatic rings. The molecule has 1 unspecified atom stereocenters. The van der Waals surface area contributed by atoms with E-state index in [4.69, 9.17) is 4.74 Å². The fourth-order valence-corrected chi connectivity index (χ4v) is 8.58. The highest BCUT2D eigenvalue weighted by atomic mass is 28.3. The van der Waals surface area contributed by atoms with Crippen LogP contribution in [0, 0.1) is 0 Å². The number of carbonyl (C=O) groups is 1. The molecule has 0 bridgehead atoms. The van der Waals surface area contributed by atoms with Crippen molar-refractivity contribution < 1.29 is 9.53 Å². The smallest absolute Gasteiger partial charge is 0.316 e. The zero-order chi connectivity index (χ0) is 13.6. The molecule has 0 saturated carbocycles. The van der Waals surface area contributed by atoms with E-state index in [-0.39, 0.29) is 11.5 Å². The number of nitrogens with zero attached hydrogens (tertiary/aromatic N) is 1. The summed E-state index contributed by atoms with van der Waals surface area (Å²) in [5.74, 6) is 0.798. The summed E-state index contributed by atoms with van der Waals surface area (Å²) in [6.07, 6.45) is 0. The molecule has 1 rings (SSSR count). The second-order valence-electron chi connectivity index (χ2n) is 7.08. The molecule has 0 aromatic heterocycles. The second-order valence-corrected chi connectivity index (χ2v) is 17.4. The van der Waals surface area contributed by atoms with Gasteiger partial charge in [0, 0.05) is 14.1 Å². The Kier molecular flexibility index (Phi) is 3.65. The number of rotatable bonds is 3. The average molecular weight is 272 g/mol. The van der Waals surface area contributed by atoms with Gasteiger partial charge in [0.05, 0.1) is 21.7 Å². The number of cyclic esters (lactones) is 1. The molecule has 1 heterocycles. The summed E-state index contributed by atoms with van der Waals surface area (Å²) in [5.41, 5.74) is 0.0477. The van der Waals surface area contributed by atoms with Gasteiger partial charge in [0.1, 0.15) is 0 Å². The molecule has 3 nitrogen and oxygen atoms in total. The van der Waals surface area contributed by atoms with Crippen LogP contribution < -0.4 is 0 Å². The lowest BCUT2D eigenvalue weighted by atomic mass is 10.4. The zero-order valence-electron chi connectivity index (χ0n) is 12.3. The summed E-state index contributed by atoms with van der Waals surface area (Å²) in [4.78, 5) is 14.1. The van der Waals surface area contributed by atoms with E-state index in [9.17, 15) is 4.79 Å². The highest BCUT2D eigenvalue weighted by molar-refractivity contribution is 6.90. The minimum atomic E-state index is -1.57. The molecule has 1 atom stereocenters. The van der Waals surface area contributed by atoms with E-state index in [0.29, 0.717) is 0 Å². The second kappa shape index (κ2) is 4.28. The molecule has 0 spiro atoms. The van der Waals surface area contributed by atoms with Gasteiger partial charge in [-0.25, -0.2) is 0 Å². The molecule has 0 fully saturated rings. The molecule has 1 aliphatic heterocycles. The maximum absolute atomic E-state index is 12.2. The largest absolute Gasteiger partial charge is 0.410 e. The summed E-state index contributed by atoms with van der Waals surface area (Å²) in [6.45, 7) is 13.6. The van der Waals surface area contributed by atoms with E-state index >= 15 is 0 Å². The van der Waals surface area contributed by atoms with Gasteiger partial charge >= 0.3 is 5.97 Å². The van der Waals surface area contributed by atoms with Crippen LogP contribution in [0.25, 0.3) is 0 Å². The molecule has 0 saturated heterocycles. The number of hydrogen-bond donors (Lipinski definition) is 0. The monoisotopic (exact) mass is 271 g/mol. The summed E-state index contributed by atoms with van der Waals surface area (Å²) in [6, 6.07) is 0. The Morgan fingerprint density at radius 3 is 1.82 bits per heavy atom. The molecule has 5 heteroatoms. The summed E-state index contributed by atoms with van der Waals surface area (Å²) < 4.78 is 5.54. The fourth-order valence-electron chi connectivity index (χ4n) is 2.32. The lowest BCUT2D eigenvalue weighted by Crippen LogP contribution is -2.39. The highest BCUT2D eigenvalue weighted by Crippen LogP contribution is 2.44. The maximum Gasteiger partial charge on any atom is 0.316 e. The normalized spacial score (nSPS) is 21.9. The Morgan fingerprint density at radius 2 is 1.53 bits per heavy atom. The van der Waals surface area contributed by atoms with Gasteiger partial charge in [0.25, 0.3) is 0 Å². The first-order valence-corrected chi connectivity index (χ1v) is 13.2. The van der Waals surface area contributed by atoms with E-state index in [2.05, 4.69) is 39.3 Å². The van der Waals surface area contributed by atoms with Crippen LogP contribution in [-0.2, 0) is 9.53 Å². The minimum absolute atomic E-state index is 0.0229. The van der Waals surface area contributed by atoms with Crippen molar-refractivity contribution in [2.75, 3.05) is 14.1 Å². The molecular formula is C12H25NO2Si2. The predicted molar refractivity (Wildman–Crippen MR) is 77.2 cm³/mol. The van der Waals surface area contributed by atoms with Gasteiger partial charge in [-0.2, -0.15) is 0 Å². The van der Waals surface area contributed by atoms with Gasteiger partial charge in [0.2, 0.25) is 0 Å². The van der Waals surface area contributed by atoms with E-state index in [1.807, 2.05) is 19.0 Å². The first-order chi connectivity index (χ1) is 7.46. The van der Waals surface area contributed by atoms with Crippen molar-refractivity contribution in [3.63, 3.8) is 0 Å². The molecule has 0 amide bonds. The topological polar surface area (TPSA) is 29.5 Å². The maximum atomic E-state index is 12.2. The minimum Gasteiger partial charge on any atom is -0.410 e. The third-order valence-electron chi connectivity index (χ3n) is 3.03. The predicted octanol–water partition coefficient (Wildman–Crippen LogP) is 2.90. The number of hydrogen-bond acceptors (Lipinski definition) is 3. The van der Waals surface area contributed by atoms with Crippen LogP contribution in [0.4, 0.5) is 0 Å². The Morgan fingerprint density at radius 1 is 1.06 bits per heavy atom. The Labute approximate surface area is 107 Å². The summed E-state index contributed by atoms with van der Waals surface area (Å²) >= 11 is 0. The Balaban J connectivity index is 3.36. The fraction of sp³-hybridized carbons (Fsp3) is 0.750. The first-order valence-electron chi connectivity index (χ1n) is 6.10. The van der Waals surface area contributed by atoms with Crippen molar-refractivity contribution in [3.05, 3.63) is 11.1 Å². The van der Waals surface area contributed by atoms with Crippen LogP contribution in [0.15, 0.2) is 11.1 Å². The zero-order valence-corrected chi connectivity index (χ0v) is 14.3. The lowest BCUT2D eigenvalue weighted by Gasteiger charge is -2.30. The lowest BCUT2D eigenvalue weighted by molar-refractivity contribution is -0.138. The molecule has 0 aromatic carbocycles. The van der Waals surface area contributed by atoms with Crippen LogP contribution in [0.2, 0.25) is 44.8 Å². The Bertz CT molecular complexity index is 362. The van der Waals surface area contributed by atoms with Crippen molar-refractivity contribution in [2.24, 2.45) is 0 Å². The van der Waals surface area contributed by atoms with E-state index in [1.54, 1.807) is 0 Å². The third-order valence-corrected chi connectivity index (χ3v) is 7.70. The van der Waals surface area contributed by atoms with Crippen LogP contribution in [0.1, 0.15) is 0 Å². The highest BCUT2D eigenvalue weighted by Gasteiger charge is 2.49. The quantitative estimate of drug-likeness (QED) is 0.584. The first kappa shape index (κ1) is 14.5. The van der Waals surface area contributed by atoms with Crippen LogP contribution in [0.3, 0.4) is 0 Å². The van der Waals surface area contributed by atoms with Crippen molar-refractivity contribution >= 4 is 22.1 Å². The molecule has 0 aliphatic carbocycles. The molecule has 0 radical (unpaired) electrons. The van der Waals surface area contributed by atoms with Crippen LogP contribution in [-0.4, -0.2) is 41.1 Å². The van der Waals surface area contributed by atoms with Gasteiger partial charge in [0.15, 0.2) is 5.88 Å². The van der Waals surface area contributed by atoms with Crippen LogP contribution in [0.5, 0.6) is 0 Å². The van der Waals surface area contributed by atoms with Gasteiger partial charge < -0.3 is 9.64 Å². The molecule has 0 N–H and O–H groups in total. The molecule has 98 valence electrons. The Hall–Kier alpha value is -0.556. The number of esters is 1. The summed E-state index contributed by atoms with van der Waals surface area (Å²) in [7, 11) is 0.797.